The Kier molecular flexibility index (Phi) is 5.23. The number of aliphatic hydroxyl groups excluding tert-OH is 1. The number of fused-ring (bicyclic) bond motifs is 1. The summed E-state index contributed by atoms with van der Waals surface area (Å²) in [6.07, 6.45) is 9.92. The zero-order chi connectivity index (χ0) is 20.4. The zero-order valence-corrected chi connectivity index (χ0v) is 16.2. The van der Waals surface area contributed by atoms with Crippen molar-refractivity contribution >= 4 is 22.6 Å². The van der Waals surface area contributed by atoms with E-state index >= 15 is 0 Å². The number of aromatic amines is 1. The predicted octanol–water partition coefficient (Wildman–Crippen LogP) is 2.38. The number of piperidine rings is 1. The van der Waals surface area contributed by atoms with Crippen molar-refractivity contribution in [1.29, 1.82) is 0 Å². The highest BCUT2D eigenvalue weighted by Gasteiger charge is 2.28. The third kappa shape index (κ3) is 3.82. The lowest BCUT2D eigenvalue weighted by atomic mass is 9.95. The molecule has 4 rings (SSSR count). The number of nitrogens with one attached hydrogen (secondary N) is 2. The predicted molar refractivity (Wildman–Crippen MR) is 109 cm³/mol. The second kappa shape index (κ2) is 7.97. The Bertz CT molecular complexity index is 1060. The number of H-pyrrole nitrogens is 1. The third-order valence-electron chi connectivity index (χ3n) is 5.19. The van der Waals surface area contributed by atoms with Crippen LogP contribution in [0.25, 0.3) is 22.3 Å². The van der Waals surface area contributed by atoms with Crippen LogP contribution in [0.1, 0.15) is 25.5 Å². The van der Waals surface area contributed by atoms with Crippen LogP contribution in [-0.4, -0.2) is 50.2 Å². The number of amides is 1. The summed E-state index contributed by atoms with van der Waals surface area (Å²) in [4.78, 5) is 21.8. The molecule has 0 saturated carbocycles. The first kappa shape index (κ1) is 19.0. The number of hydrogen-bond donors (Lipinski definition) is 3. The van der Waals surface area contributed by atoms with Gasteiger partial charge in [0, 0.05) is 48.5 Å². The van der Waals surface area contributed by atoms with E-state index in [0.29, 0.717) is 30.5 Å². The molecule has 0 unspecified atom stereocenters. The lowest BCUT2D eigenvalue weighted by Gasteiger charge is -2.37. The number of aromatic nitrogens is 3. The normalized spacial score (nSPS) is 19.3. The number of carbonyl (C=O) groups is 1. The Morgan fingerprint density at radius 3 is 3.14 bits per heavy atom. The van der Waals surface area contributed by atoms with E-state index in [-0.39, 0.29) is 25.0 Å². The fourth-order valence-corrected chi connectivity index (χ4v) is 3.94. The minimum atomic E-state index is -0.220. The maximum atomic E-state index is 12.3. The Morgan fingerprint density at radius 2 is 2.38 bits per heavy atom. The summed E-state index contributed by atoms with van der Waals surface area (Å²) < 4.78 is 5.16. The molecule has 4 heterocycles. The van der Waals surface area contributed by atoms with Gasteiger partial charge in [-0.1, -0.05) is 18.0 Å². The first-order valence-corrected chi connectivity index (χ1v) is 9.59. The molecule has 1 aliphatic rings. The van der Waals surface area contributed by atoms with E-state index in [1.807, 2.05) is 17.2 Å². The van der Waals surface area contributed by atoms with Gasteiger partial charge in [0.05, 0.1) is 12.1 Å². The molecule has 3 aromatic heterocycles. The van der Waals surface area contributed by atoms with E-state index in [0.717, 1.165) is 28.7 Å². The maximum Gasteiger partial charge on any atom is 0.234 e. The topological polar surface area (TPSA) is 107 Å². The van der Waals surface area contributed by atoms with Gasteiger partial charge in [0.1, 0.15) is 17.9 Å². The van der Waals surface area contributed by atoms with Crippen molar-refractivity contribution in [2.45, 2.75) is 32.4 Å². The number of aliphatic hydroxyl groups is 1. The van der Waals surface area contributed by atoms with Crippen LogP contribution in [0.4, 0.5) is 5.69 Å². The minimum absolute atomic E-state index is 0.0170. The van der Waals surface area contributed by atoms with Crippen LogP contribution in [0.15, 0.2) is 29.0 Å². The van der Waals surface area contributed by atoms with Gasteiger partial charge in [-0.15, -0.1) is 6.42 Å². The summed E-state index contributed by atoms with van der Waals surface area (Å²) in [6, 6.07) is 3.71. The lowest BCUT2D eigenvalue weighted by Crippen LogP contribution is -2.48. The molecule has 8 nitrogen and oxygen atoms in total. The van der Waals surface area contributed by atoms with Crippen molar-refractivity contribution in [3.05, 3.63) is 30.3 Å². The largest absolute Gasteiger partial charge is 0.388 e. The fraction of sp³-hybridized carbons (Fsp3) is 0.381. The molecule has 0 radical (unpaired) electrons. The van der Waals surface area contributed by atoms with Crippen molar-refractivity contribution in [2.75, 3.05) is 18.4 Å². The summed E-state index contributed by atoms with van der Waals surface area (Å²) >= 11 is 0. The average Bonchev–Trinajstić information content (AvgIpc) is 3.37. The maximum absolute atomic E-state index is 12.3. The number of pyridine rings is 1. The standard InChI is InChI=1S/C21H23N5O3/c1-3-4-19(28)26-10-13(2)7-14(11-26)24-20-16-5-6-22-21(16)23-9-17(20)18-8-15(12-27)29-25-18/h1,5-6,8-9,13-14,27H,4,7,10-12H2,2H3,(H2,22,23,24)/t13-,14+/m0/s1. The molecule has 3 N–H and O–H groups in total. The van der Waals surface area contributed by atoms with Crippen molar-refractivity contribution in [3.8, 4) is 23.6 Å². The summed E-state index contributed by atoms with van der Waals surface area (Å²) in [5, 5.41) is 17.9. The molecule has 8 heteroatoms. The number of terminal acetylenes is 1. The van der Waals surface area contributed by atoms with Crippen LogP contribution in [0.3, 0.4) is 0 Å². The van der Waals surface area contributed by atoms with E-state index < -0.39 is 0 Å². The van der Waals surface area contributed by atoms with Crippen LogP contribution < -0.4 is 5.32 Å². The van der Waals surface area contributed by atoms with Crippen LogP contribution >= 0.6 is 0 Å². The average molecular weight is 393 g/mol. The second-order valence-electron chi connectivity index (χ2n) is 7.49. The number of anilines is 1. The van der Waals surface area contributed by atoms with Gasteiger partial charge in [-0.2, -0.15) is 0 Å². The van der Waals surface area contributed by atoms with Crippen molar-refractivity contribution in [2.24, 2.45) is 5.92 Å². The van der Waals surface area contributed by atoms with Crippen LogP contribution in [0, 0.1) is 18.3 Å². The van der Waals surface area contributed by atoms with Crippen LogP contribution in [0.5, 0.6) is 0 Å². The van der Waals surface area contributed by atoms with Gasteiger partial charge < -0.3 is 24.8 Å². The molecule has 0 aliphatic carbocycles. The van der Waals surface area contributed by atoms with Crippen molar-refractivity contribution < 1.29 is 14.4 Å². The summed E-state index contributed by atoms with van der Waals surface area (Å²) in [6.45, 7) is 3.21. The molecule has 1 fully saturated rings. The Morgan fingerprint density at radius 1 is 1.52 bits per heavy atom. The smallest absolute Gasteiger partial charge is 0.234 e. The molecule has 0 aromatic carbocycles. The monoisotopic (exact) mass is 393 g/mol. The molecule has 0 spiro atoms. The molecular weight excluding hydrogens is 370 g/mol. The molecule has 150 valence electrons. The number of nitrogens with zero attached hydrogens (tertiary/aromatic N) is 3. The molecule has 1 saturated heterocycles. The SMILES string of the molecule is C#CCC(=O)N1C[C@@H](C)C[C@@H](Nc2c(-c3cc(CO)on3)cnc3[nH]ccc23)C1. The minimum Gasteiger partial charge on any atom is -0.388 e. The number of hydrogen-bond acceptors (Lipinski definition) is 6. The fourth-order valence-electron chi connectivity index (χ4n) is 3.94. The summed E-state index contributed by atoms with van der Waals surface area (Å²) in [7, 11) is 0. The summed E-state index contributed by atoms with van der Waals surface area (Å²) in [5.41, 5.74) is 3.00. The Balaban J connectivity index is 1.67. The van der Waals surface area contributed by atoms with Gasteiger partial charge in [0.15, 0.2) is 5.76 Å². The van der Waals surface area contributed by atoms with Gasteiger partial charge >= 0.3 is 0 Å². The van der Waals surface area contributed by atoms with Crippen molar-refractivity contribution in [3.63, 3.8) is 0 Å². The van der Waals surface area contributed by atoms with Crippen LogP contribution in [-0.2, 0) is 11.4 Å². The molecular formula is C21H23N5O3. The van der Waals surface area contributed by atoms with Gasteiger partial charge in [-0.05, 0) is 18.4 Å². The summed E-state index contributed by atoms with van der Waals surface area (Å²) in [5.74, 6) is 3.16. The Hall–Kier alpha value is -3.31. The van der Waals surface area contributed by atoms with Gasteiger partial charge in [0.2, 0.25) is 5.91 Å². The van der Waals surface area contributed by atoms with Gasteiger partial charge in [-0.3, -0.25) is 4.79 Å². The first-order valence-electron chi connectivity index (χ1n) is 9.59. The van der Waals surface area contributed by atoms with Crippen molar-refractivity contribution in [1.82, 2.24) is 20.0 Å². The van der Waals surface area contributed by atoms with E-state index in [2.05, 4.69) is 33.3 Å². The van der Waals surface area contributed by atoms with Gasteiger partial charge in [-0.25, -0.2) is 4.98 Å². The molecule has 1 aliphatic heterocycles. The Labute approximate surface area is 168 Å². The molecule has 0 bridgehead atoms. The highest BCUT2D eigenvalue weighted by atomic mass is 16.5. The third-order valence-corrected chi connectivity index (χ3v) is 5.19. The molecule has 29 heavy (non-hydrogen) atoms. The number of rotatable bonds is 5. The highest BCUT2D eigenvalue weighted by Crippen LogP contribution is 2.34. The molecule has 1 amide bonds. The number of carbonyl (C=O) groups excluding carboxylic acids is 1. The van der Waals surface area contributed by atoms with E-state index in [9.17, 15) is 9.90 Å². The van der Waals surface area contributed by atoms with Crippen LogP contribution in [0.2, 0.25) is 0 Å². The quantitative estimate of drug-likeness (QED) is 0.575. The first-order chi connectivity index (χ1) is 14.1. The number of likely N-dealkylation sites (tertiary alicyclic amines) is 1. The lowest BCUT2D eigenvalue weighted by molar-refractivity contribution is -0.131. The molecule has 2 atom stereocenters. The highest BCUT2D eigenvalue weighted by molar-refractivity contribution is 5.97. The zero-order valence-electron chi connectivity index (χ0n) is 16.2. The van der Waals surface area contributed by atoms with E-state index in [1.54, 1.807) is 12.3 Å². The van der Waals surface area contributed by atoms with Gasteiger partial charge in [0.25, 0.3) is 0 Å². The molecule has 3 aromatic rings. The van der Waals surface area contributed by atoms with E-state index in [4.69, 9.17) is 10.9 Å². The second-order valence-corrected chi connectivity index (χ2v) is 7.49. The van der Waals surface area contributed by atoms with E-state index in [1.165, 1.54) is 0 Å².